The summed E-state index contributed by atoms with van der Waals surface area (Å²) in [6, 6.07) is 11.0. The molecule has 1 aromatic carbocycles. The Labute approximate surface area is 154 Å². The zero-order valence-electron chi connectivity index (χ0n) is 13.4. The van der Waals surface area contributed by atoms with Crippen molar-refractivity contribution in [3.63, 3.8) is 0 Å². The van der Waals surface area contributed by atoms with E-state index in [2.05, 4.69) is 10.2 Å². The molecule has 1 amide bonds. The second-order valence-corrected chi connectivity index (χ2v) is 7.41. The summed E-state index contributed by atoms with van der Waals surface area (Å²) in [6.45, 7) is 1.31. The fraction of sp³-hybridized carbons (Fsp3) is 0.278. The molecule has 0 spiro atoms. The summed E-state index contributed by atoms with van der Waals surface area (Å²) in [7, 11) is 0. The van der Waals surface area contributed by atoms with Crippen molar-refractivity contribution in [3.8, 4) is 10.8 Å². The Kier molecular flexibility index (Phi) is 4.55. The minimum absolute atomic E-state index is 0.00908. The largest absolute Gasteiger partial charge is 0.420 e. The smallest absolute Gasteiger partial charge is 0.257 e. The zero-order chi connectivity index (χ0) is 17.2. The molecule has 1 saturated heterocycles. The molecule has 0 radical (unpaired) electrons. The highest BCUT2D eigenvalue weighted by Crippen LogP contribution is 2.30. The van der Waals surface area contributed by atoms with Gasteiger partial charge in [0.25, 0.3) is 11.8 Å². The minimum atomic E-state index is -0.00908. The zero-order valence-corrected chi connectivity index (χ0v) is 15.0. The van der Waals surface area contributed by atoms with Crippen LogP contribution >= 0.6 is 22.9 Å². The molecule has 2 aromatic heterocycles. The first-order chi connectivity index (χ1) is 12.2. The van der Waals surface area contributed by atoms with E-state index in [0.717, 1.165) is 24.3 Å². The van der Waals surface area contributed by atoms with Gasteiger partial charge < -0.3 is 9.32 Å². The van der Waals surface area contributed by atoms with Gasteiger partial charge in [0.1, 0.15) is 0 Å². The molecule has 0 saturated carbocycles. The summed E-state index contributed by atoms with van der Waals surface area (Å²) in [4.78, 5) is 15.5. The van der Waals surface area contributed by atoms with E-state index >= 15 is 0 Å². The molecule has 1 atom stereocenters. The van der Waals surface area contributed by atoms with Gasteiger partial charge in [-0.05, 0) is 42.5 Å². The standard InChI is InChI=1S/C18H16ClN3O2S/c19-14-6-1-4-12(10-14)18(23)22-8-2-5-13(11-22)16-20-21-17(24-16)15-7-3-9-25-15/h1,3-4,6-7,9-10,13H,2,5,8,11H2. The van der Waals surface area contributed by atoms with Crippen LogP contribution in [0.25, 0.3) is 10.8 Å². The summed E-state index contributed by atoms with van der Waals surface area (Å²) in [5.41, 5.74) is 0.609. The first kappa shape index (κ1) is 16.3. The Hall–Kier alpha value is -2.18. The molecule has 4 rings (SSSR count). The minimum Gasteiger partial charge on any atom is -0.420 e. The number of likely N-dealkylation sites (tertiary alicyclic amines) is 1. The third-order valence-electron chi connectivity index (χ3n) is 4.30. The van der Waals surface area contributed by atoms with Crippen molar-refractivity contribution in [1.82, 2.24) is 15.1 Å². The molecule has 7 heteroatoms. The van der Waals surface area contributed by atoms with E-state index in [1.807, 2.05) is 22.4 Å². The van der Waals surface area contributed by atoms with E-state index in [1.165, 1.54) is 0 Å². The van der Waals surface area contributed by atoms with Crippen LogP contribution in [-0.4, -0.2) is 34.1 Å². The van der Waals surface area contributed by atoms with Gasteiger partial charge in [-0.25, -0.2) is 0 Å². The van der Waals surface area contributed by atoms with Crippen LogP contribution in [0, 0.1) is 0 Å². The lowest BCUT2D eigenvalue weighted by Gasteiger charge is -2.31. The van der Waals surface area contributed by atoms with Crippen LogP contribution in [0.2, 0.25) is 5.02 Å². The van der Waals surface area contributed by atoms with Gasteiger partial charge in [0.15, 0.2) is 0 Å². The lowest BCUT2D eigenvalue weighted by Crippen LogP contribution is -2.39. The number of aromatic nitrogens is 2. The monoisotopic (exact) mass is 373 g/mol. The second-order valence-electron chi connectivity index (χ2n) is 6.02. The lowest BCUT2D eigenvalue weighted by atomic mass is 9.97. The van der Waals surface area contributed by atoms with E-state index in [4.69, 9.17) is 16.0 Å². The fourth-order valence-corrected chi connectivity index (χ4v) is 3.90. The number of hydrogen-bond acceptors (Lipinski definition) is 5. The highest BCUT2D eigenvalue weighted by molar-refractivity contribution is 7.13. The first-order valence-electron chi connectivity index (χ1n) is 8.13. The van der Waals surface area contributed by atoms with Crippen molar-refractivity contribution in [2.24, 2.45) is 0 Å². The average molecular weight is 374 g/mol. The highest BCUT2D eigenvalue weighted by atomic mass is 35.5. The van der Waals surface area contributed by atoms with Gasteiger partial charge in [0, 0.05) is 23.7 Å². The van der Waals surface area contributed by atoms with Gasteiger partial charge in [-0.2, -0.15) is 0 Å². The van der Waals surface area contributed by atoms with Crippen LogP contribution < -0.4 is 0 Å². The van der Waals surface area contributed by atoms with Gasteiger partial charge in [-0.3, -0.25) is 4.79 Å². The normalized spacial score (nSPS) is 17.6. The quantitative estimate of drug-likeness (QED) is 0.679. The molecular weight excluding hydrogens is 358 g/mol. The molecular formula is C18H16ClN3O2S. The maximum absolute atomic E-state index is 12.7. The Bertz CT molecular complexity index is 878. The number of carbonyl (C=O) groups is 1. The van der Waals surface area contributed by atoms with Crippen molar-refractivity contribution in [2.45, 2.75) is 18.8 Å². The number of nitrogens with zero attached hydrogens (tertiary/aromatic N) is 3. The van der Waals surface area contributed by atoms with Gasteiger partial charge in [0.05, 0.1) is 10.8 Å². The second kappa shape index (κ2) is 6.98. The Morgan fingerprint density at radius 1 is 1.28 bits per heavy atom. The van der Waals surface area contributed by atoms with Gasteiger partial charge >= 0.3 is 0 Å². The van der Waals surface area contributed by atoms with Crippen LogP contribution in [0.1, 0.15) is 35.0 Å². The fourth-order valence-electron chi connectivity index (χ4n) is 3.07. The maximum Gasteiger partial charge on any atom is 0.257 e. The van der Waals surface area contributed by atoms with Crippen molar-refractivity contribution in [2.75, 3.05) is 13.1 Å². The highest BCUT2D eigenvalue weighted by Gasteiger charge is 2.29. The van der Waals surface area contributed by atoms with Crippen molar-refractivity contribution in [1.29, 1.82) is 0 Å². The topological polar surface area (TPSA) is 59.2 Å². The predicted molar refractivity (Wildman–Crippen MR) is 96.9 cm³/mol. The first-order valence-corrected chi connectivity index (χ1v) is 9.38. The summed E-state index contributed by atoms with van der Waals surface area (Å²) >= 11 is 7.57. The molecule has 1 fully saturated rings. The van der Waals surface area contributed by atoms with E-state index < -0.39 is 0 Å². The van der Waals surface area contributed by atoms with Crippen molar-refractivity contribution in [3.05, 3.63) is 58.3 Å². The summed E-state index contributed by atoms with van der Waals surface area (Å²) in [5, 5.41) is 10.9. The Morgan fingerprint density at radius 2 is 2.20 bits per heavy atom. The molecule has 5 nitrogen and oxygen atoms in total. The maximum atomic E-state index is 12.7. The van der Waals surface area contributed by atoms with Crippen LogP contribution in [0.5, 0.6) is 0 Å². The molecule has 3 aromatic rings. The third-order valence-corrected chi connectivity index (χ3v) is 5.39. The van der Waals surface area contributed by atoms with E-state index in [9.17, 15) is 4.79 Å². The number of benzene rings is 1. The molecule has 25 heavy (non-hydrogen) atoms. The van der Waals surface area contributed by atoms with Crippen LogP contribution in [0.4, 0.5) is 0 Å². The SMILES string of the molecule is O=C(c1cccc(Cl)c1)N1CCCC(c2nnc(-c3cccs3)o2)C1. The number of piperidine rings is 1. The molecule has 1 unspecified atom stereocenters. The number of amides is 1. The van der Waals surface area contributed by atoms with E-state index in [-0.39, 0.29) is 11.8 Å². The van der Waals surface area contributed by atoms with Crippen LogP contribution in [0.15, 0.2) is 46.2 Å². The average Bonchev–Trinajstić information content (AvgIpc) is 3.32. The van der Waals surface area contributed by atoms with E-state index in [1.54, 1.807) is 35.6 Å². The molecule has 1 aliphatic rings. The third kappa shape index (κ3) is 3.45. The Morgan fingerprint density at radius 3 is 3.00 bits per heavy atom. The number of thiophene rings is 1. The molecule has 1 aliphatic heterocycles. The molecule has 0 bridgehead atoms. The van der Waals surface area contributed by atoms with Crippen LogP contribution in [0.3, 0.4) is 0 Å². The summed E-state index contributed by atoms with van der Waals surface area (Å²) in [6.07, 6.45) is 1.85. The predicted octanol–water partition coefficient (Wildman–Crippen LogP) is 4.47. The molecule has 0 aliphatic carbocycles. The lowest BCUT2D eigenvalue weighted by molar-refractivity contribution is 0.0698. The van der Waals surface area contributed by atoms with Crippen molar-refractivity contribution >= 4 is 28.8 Å². The molecule has 0 N–H and O–H groups in total. The molecule has 3 heterocycles. The number of hydrogen-bond donors (Lipinski definition) is 0. The van der Waals surface area contributed by atoms with Gasteiger partial charge in [-0.15, -0.1) is 21.5 Å². The van der Waals surface area contributed by atoms with Gasteiger partial charge in [-0.1, -0.05) is 23.7 Å². The number of halogens is 1. The van der Waals surface area contributed by atoms with Gasteiger partial charge in [0.2, 0.25) is 5.89 Å². The van der Waals surface area contributed by atoms with E-state index in [0.29, 0.717) is 28.9 Å². The summed E-state index contributed by atoms with van der Waals surface area (Å²) < 4.78 is 5.85. The number of carbonyl (C=O) groups excluding carboxylic acids is 1. The molecule has 128 valence electrons. The Balaban J connectivity index is 1.50. The van der Waals surface area contributed by atoms with Crippen LogP contribution in [-0.2, 0) is 0 Å². The van der Waals surface area contributed by atoms with Crippen molar-refractivity contribution < 1.29 is 9.21 Å². The number of rotatable bonds is 3. The summed E-state index contributed by atoms with van der Waals surface area (Å²) in [5.74, 6) is 1.21.